The van der Waals surface area contributed by atoms with Gasteiger partial charge in [-0.15, -0.1) is 0 Å². The lowest BCUT2D eigenvalue weighted by Gasteiger charge is -2.08. The number of nitrogens with two attached hydrogens (primary N) is 1. The van der Waals surface area contributed by atoms with Gasteiger partial charge in [-0.25, -0.2) is 0 Å². The summed E-state index contributed by atoms with van der Waals surface area (Å²) in [6.07, 6.45) is 0. The first-order valence-corrected chi connectivity index (χ1v) is 6.66. The Morgan fingerprint density at radius 3 is 2.11 bits per heavy atom. The van der Waals surface area contributed by atoms with E-state index in [0.29, 0.717) is 10.6 Å². The molecule has 0 saturated heterocycles. The quantitative estimate of drug-likeness (QED) is 0.612. The lowest BCUT2D eigenvalue weighted by Crippen LogP contribution is -2.03. The Morgan fingerprint density at radius 1 is 0.947 bits per heavy atom. The number of hydrogen-bond donors (Lipinski definition) is 1. The second kappa shape index (κ2) is 5.59. The monoisotopic (exact) mass is 333 g/mol. The molecule has 0 bridgehead atoms. The molecule has 0 aliphatic heterocycles. The maximum absolute atomic E-state index is 12.3. The molecule has 0 heterocycles. The van der Waals surface area contributed by atoms with Gasteiger partial charge in [-0.3, -0.25) is 4.79 Å². The van der Waals surface area contributed by atoms with Crippen LogP contribution in [0.2, 0.25) is 20.1 Å². The second-order valence-corrected chi connectivity index (χ2v) is 5.38. The van der Waals surface area contributed by atoms with Gasteiger partial charge in [0.05, 0.1) is 25.8 Å². The highest BCUT2D eigenvalue weighted by Gasteiger charge is 2.17. The zero-order valence-electron chi connectivity index (χ0n) is 9.38. The molecule has 2 aromatic rings. The van der Waals surface area contributed by atoms with Crippen LogP contribution in [0.3, 0.4) is 0 Å². The number of hydrogen-bond acceptors (Lipinski definition) is 2. The summed E-state index contributed by atoms with van der Waals surface area (Å²) in [5.41, 5.74) is 6.44. The Balaban J connectivity index is 2.53. The Morgan fingerprint density at radius 2 is 1.53 bits per heavy atom. The van der Waals surface area contributed by atoms with Crippen molar-refractivity contribution in [1.29, 1.82) is 0 Å². The van der Waals surface area contributed by atoms with Crippen molar-refractivity contribution in [2.45, 2.75) is 0 Å². The zero-order chi connectivity index (χ0) is 14.2. The summed E-state index contributed by atoms with van der Waals surface area (Å²) in [6, 6.07) is 7.71. The maximum Gasteiger partial charge on any atom is 0.194 e. The van der Waals surface area contributed by atoms with Gasteiger partial charge in [0.2, 0.25) is 0 Å². The highest BCUT2D eigenvalue weighted by molar-refractivity contribution is 6.44. The van der Waals surface area contributed by atoms with E-state index in [9.17, 15) is 4.79 Å². The molecule has 0 saturated carbocycles. The van der Waals surface area contributed by atoms with Crippen LogP contribution in [0.5, 0.6) is 0 Å². The number of rotatable bonds is 2. The highest BCUT2D eigenvalue weighted by atomic mass is 35.5. The summed E-state index contributed by atoms with van der Waals surface area (Å²) in [5.74, 6) is -0.323. The van der Waals surface area contributed by atoms with Crippen molar-refractivity contribution >= 4 is 57.9 Å². The number of nitrogen functional groups attached to an aromatic ring is 1. The van der Waals surface area contributed by atoms with Gasteiger partial charge < -0.3 is 5.73 Å². The van der Waals surface area contributed by atoms with Crippen LogP contribution in [-0.4, -0.2) is 5.78 Å². The van der Waals surface area contributed by atoms with Gasteiger partial charge in [0, 0.05) is 11.1 Å². The van der Waals surface area contributed by atoms with Gasteiger partial charge >= 0.3 is 0 Å². The SMILES string of the molecule is Nc1c(Cl)cc(C(=O)c2cccc(Cl)c2Cl)cc1Cl. The van der Waals surface area contributed by atoms with Crippen molar-refractivity contribution in [3.8, 4) is 0 Å². The van der Waals surface area contributed by atoms with E-state index in [2.05, 4.69) is 0 Å². The number of carbonyl (C=O) groups is 1. The number of halogens is 4. The van der Waals surface area contributed by atoms with Gasteiger partial charge in [0.25, 0.3) is 0 Å². The van der Waals surface area contributed by atoms with Crippen molar-refractivity contribution in [2.24, 2.45) is 0 Å². The Bertz CT molecular complexity index is 647. The number of ketones is 1. The molecule has 0 unspecified atom stereocenters. The zero-order valence-corrected chi connectivity index (χ0v) is 12.4. The largest absolute Gasteiger partial charge is 0.396 e. The highest BCUT2D eigenvalue weighted by Crippen LogP contribution is 2.32. The molecule has 98 valence electrons. The molecule has 0 aliphatic rings. The lowest BCUT2D eigenvalue weighted by atomic mass is 10.0. The van der Waals surface area contributed by atoms with Gasteiger partial charge in [0.15, 0.2) is 5.78 Å². The van der Waals surface area contributed by atoms with Crippen molar-refractivity contribution in [1.82, 2.24) is 0 Å². The van der Waals surface area contributed by atoms with Crippen LogP contribution in [0.4, 0.5) is 5.69 Å². The van der Waals surface area contributed by atoms with Crippen LogP contribution >= 0.6 is 46.4 Å². The Kier molecular flexibility index (Phi) is 4.26. The topological polar surface area (TPSA) is 43.1 Å². The average molecular weight is 335 g/mol. The third-order valence-electron chi connectivity index (χ3n) is 2.54. The van der Waals surface area contributed by atoms with Gasteiger partial charge in [0.1, 0.15) is 0 Å². The molecule has 2 N–H and O–H groups in total. The Labute approximate surface area is 130 Å². The third-order valence-corrected chi connectivity index (χ3v) is 3.98. The summed E-state index contributed by atoms with van der Waals surface area (Å²) in [5, 5.41) is 0.932. The lowest BCUT2D eigenvalue weighted by molar-refractivity contribution is 0.103. The van der Waals surface area contributed by atoms with Crippen LogP contribution in [0, 0.1) is 0 Å². The molecule has 2 nitrogen and oxygen atoms in total. The van der Waals surface area contributed by atoms with Crippen LogP contribution in [0.1, 0.15) is 15.9 Å². The fourth-order valence-corrected chi connectivity index (χ4v) is 2.42. The minimum atomic E-state index is -0.323. The van der Waals surface area contributed by atoms with Crippen molar-refractivity contribution in [3.63, 3.8) is 0 Å². The molecule has 6 heteroatoms. The predicted molar refractivity (Wildman–Crippen MR) is 80.8 cm³/mol. The van der Waals surface area contributed by atoms with Crippen LogP contribution in [0.25, 0.3) is 0 Å². The van der Waals surface area contributed by atoms with E-state index in [4.69, 9.17) is 52.1 Å². The van der Waals surface area contributed by atoms with Crippen molar-refractivity contribution in [3.05, 3.63) is 61.5 Å². The van der Waals surface area contributed by atoms with Gasteiger partial charge in [-0.05, 0) is 24.3 Å². The molecule has 0 atom stereocenters. The fourth-order valence-electron chi connectivity index (χ4n) is 1.55. The Hall–Kier alpha value is -0.930. The van der Waals surface area contributed by atoms with Crippen LogP contribution in [-0.2, 0) is 0 Å². The fraction of sp³-hybridized carbons (Fsp3) is 0. The normalized spacial score (nSPS) is 10.5. The summed E-state index contributed by atoms with van der Waals surface area (Å²) >= 11 is 23.7. The molecule has 0 radical (unpaired) electrons. The van der Waals surface area contributed by atoms with E-state index in [0.717, 1.165) is 0 Å². The molecule has 19 heavy (non-hydrogen) atoms. The molecule has 0 amide bonds. The smallest absolute Gasteiger partial charge is 0.194 e. The first kappa shape index (κ1) is 14.5. The van der Waals surface area contributed by atoms with Gasteiger partial charge in [-0.1, -0.05) is 52.5 Å². The minimum Gasteiger partial charge on any atom is -0.396 e. The first-order valence-electron chi connectivity index (χ1n) is 5.15. The standard InChI is InChI=1S/C13H7Cl4NO/c14-8-3-1-2-7(11(8)17)13(19)6-4-9(15)12(18)10(16)5-6/h1-5H,18H2. The molecular formula is C13H7Cl4NO. The number of anilines is 1. The molecule has 0 spiro atoms. The van der Waals surface area contributed by atoms with Crippen molar-refractivity contribution in [2.75, 3.05) is 5.73 Å². The van der Waals surface area contributed by atoms with E-state index >= 15 is 0 Å². The molecule has 0 aromatic heterocycles. The van der Waals surface area contributed by atoms with E-state index < -0.39 is 0 Å². The van der Waals surface area contributed by atoms with Crippen LogP contribution in [0.15, 0.2) is 30.3 Å². The summed E-state index contributed by atoms with van der Waals surface area (Å²) in [7, 11) is 0. The molecule has 2 aromatic carbocycles. The van der Waals surface area contributed by atoms with E-state index in [1.165, 1.54) is 12.1 Å². The summed E-state index contributed by atoms with van der Waals surface area (Å²) in [6.45, 7) is 0. The van der Waals surface area contributed by atoms with Gasteiger partial charge in [-0.2, -0.15) is 0 Å². The molecule has 0 fully saturated rings. The van der Waals surface area contributed by atoms with E-state index in [1.807, 2.05) is 0 Å². The second-order valence-electron chi connectivity index (χ2n) is 3.78. The third kappa shape index (κ3) is 2.82. The predicted octanol–water partition coefficient (Wildman–Crippen LogP) is 5.11. The summed E-state index contributed by atoms with van der Waals surface area (Å²) < 4.78 is 0. The molecule has 0 aliphatic carbocycles. The minimum absolute atomic E-state index is 0.193. The first-order chi connectivity index (χ1) is 8.91. The van der Waals surface area contributed by atoms with Crippen LogP contribution < -0.4 is 5.73 Å². The van der Waals surface area contributed by atoms with E-state index in [-0.39, 0.29) is 32.1 Å². The molecule has 2 rings (SSSR count). The van der Waals surface area contributed by atoms with Crippen molar-refractivity contribution < 1.29 is 4.79 Å². The number of carbonyl (C=O) groups excluding carboxylic acids is 1. The number of benzene rings is 2. The average Bonchev–Trinajstić information content (AvgIpc) is 2.38. The summed E-state index contributed by atoms with van der Waals surface area (Å²) in [4.78, 5) is 12.3. The van der Waals surface area contributed by atoms with E-state index in [1.54, 1.807) is 18.2 Å². The molecular weight excluding hydrogens is 328 g/mol. The maximum atomic E-state index is 12.3.